The number of rotatable bonds is 18. The highest BCUT2D eigenvalue weighted by molar-refractivity contribution is 7.99. The van der Waals surface area contributed by atoms with E-state index in [1.807, 2.05) is 48.2 Å². The predicted octanol–water partition coefficient (Wildman–Crippen LogP) is 6.49. The van der Waals surface area contributed by atoms with E-state index < -0.39 is 0 Å². The van der Waals surface area contributed by atoms with Gasteiger partial charge in [-0.2, -0.15) is 11.8 Å². The molecule has 2 aromatic rings. The van der Waals surface area contributed by atoms with Gasteiger partial charge in [0, 0.05) is 43.4 Å². The van der Waals surface area contributed by atoms with Crippen LogP contribution in [-0.2, 0) is 22.6 Å². The number of nitrogens with one attached hydrogen (secondary N) is 2. The normalized spacial score (nSPS) is 12.3. The van der Waals surface area contributed by atoms with Gasteiger partial charge in [-0.05, 0) is 41.7 Å². The average molecular weight is 500 g/mol. The molecule has 1 unspecified atom stereocenters. The molecule has 0 saturated carbocycles. The molecule has 2 N–H and O–H groups in total. The summed E-state index contributed by atoms with van der Waals surface area (Å²) >= 11 is 1.92. The number of nitrogens with zero attached hydrogens (tertiary/aromatic N) is 1. The molecule has 2 rings (SSSR count). The molecule has 0 aliphatic rings. The zero-order valence-corrected chi connectivity index (χ0v) is 23.0. The first kappa shape index (κ1) is 29.2. The minimum Gasteiger partial charge on any atom is -0.461 e. The average Bonchev–Trinajstić information content (AvgIpc) is 2.87. The second kappa shape index (κ2) is 16.6. The first-order chi connectivity index (χ1) is 16.9. The summed E-state index contributed by atoms with van der Waals surface area (Å²) in [5.74, 6) is 2.95. The molecule has 0 radical (unpaired) electrons. The number of unbranched alkanes of at least 4 members (excludes halogenated alkanes) is 1. The Morgan fingerprint density at radius 3 is 2.66 bits per heavy atom. The standard InChI is InChI=1S/C29H45N3O2S/c1-5-7-18-29(3,4)23-31-27-15-11-14-26(32-27)21-25(30-19-20-35-6-2)16-17-28(33)34-22-24-12-9-8-10-13-24/h8-15,25,30H,5-7,16-23H2,1-4H3,(H,31,32). The monoisotopic (exact) mass is 499 g/mol. The van der Waals surface area contributed by atoms with Gasteiger partial charge in [0.1, 0.15) is 12.4 Å². The van der Waals surface area contributed by atoms with Crippen molar-refractivity contribution in [1.29, 1.82) is 0 Å². The maximum absolute atomic E-state index is 12.4. The number of thioether (sulfide) groups is 1. The number of carbonyl (C=O) groups excluding carboxylic acids is 1. The summed E-state index contributed by atoms with van der Waals surface area (Å²) in [6.45, 7) is 11.2. The van der Waals surface area contributed by atoms with Gasteiger partial charge in [0.25, 0.3) is 0 Å². The lowest BCUT2D eigenvalue weighted by Crippen LogP contribution is -2.34. The molecular formula is C29H45N3O2S. The van der Waals surface area contributed by atoms with Gasteiger partial charge in [0.15, 0.2) is 0 Å². The molecule has 1 heterocycles. The van der Waals surface area contributed by atoms with Gasteiger partial charge in [-0.3, -0.25) is 4.79 Å². The number of anilines is 1. The Hall–Kier alpha value is -2.05. The van der Waals surface area contributed by atoms with Crippen molar-refractivity contribution in [2.24, 2.45) is 5.41 Å². The molecule has 1 aromatic carbocycles. The number of carbonyl (C=O) groups is 1. The Morgan fingerprint density at radius 2 is 1.91 bits per heavy atom. The van der Waals surface area contributed by atoms with E-state index >= 15 is 0 Å². The number of ether oxygens (including phenoxy) is 1. The van der Waals surface area contributed by atoms with Gasteiger partial charge in [0.2, 0.25) is 0 Å². The third-order valence-electron chi connectivity index (χ3n) is 6.04. The van der Waals surface area contributed by atoms with Crippen LogP contribution in [0.5, 0.6) is 0 Å². The summed E-state index contributed by atoms with van der Waals surface area (Å²) in [4.78, 5) is 17.2. The molecule has 35 heavy (non-hydrogen) atoms. The molecule has 0 aliphatic heterocycles. The van der Waals surface area contributed by atoms with Crippen LogP contribution < -0.4 is 10.6 Å². The molecule has 0 aliphatic carbocycles. The summed E-state index contributed by atoms with van der Waals surface area (Å²) < 4.78 is 5.49. The van der Waals surface area contributed by atoms with E-state index in [0.717, 1.165) is 54.5 Å². The van der Waals surface area contributed by atoms with Crippen LogP contribution in [0.1, 0.15) is 71.1 Å². The molecule has 1 aromatic heterocycles. The van der Waals surface area contributed by atoms with E-state index in [-0.39, 0.29) is 17.4 Å². The topological polar surface area (TPSA) is 63.2 Å². The Morgan fingerprint density at radius 1 is 1.11 bits per heavy atom. The number of benzene rings is 1. The highest BCUT2D eigenvalue weighted by atomic mass is 32.2. The van der Waals surface area contributed by atoms with Crippen molar-refractivity contribution in [3.63, 3.8) is 0 Å². The number of hydrogen-bond acceptors (Lipinski definition) is 6. The van der Waals surface area contributed by atoms with Gasteiger partial charge >= 0.3 is 5.97 Å². The summed E-state index contributed by atoms with van der Waals surface area (Å²) in [5.41, 5.74) is 2.30. The van der Waals surface area contributed by atoms with Crippen LogP contribution in [-0.4, -0.2) is 41.6 Å². The zero-order valence-electron chi connectivity index (χ0n) is 22.1. The van der Waals surface area contributed by atoms with Crippen LogP contribution in [0.3, 0.4) is 0 Å². The summed E-state index contributed by atoms with van der Waals surface area (Å²) in [6.07, 6.45) is 5.60. The lowest BCUT2D eigenvalue weighted by Gasteiger charge is -2.25. The summed E-state index contributed by atoms with van der Waals surface area (Å²) in [7, 11) is 0. The number of pyridine rings is 1. The van der Waals surface area contributed by atoms with E-state index in [1.165, 1.54) is 19.3 Å². The highest BCUT2D eigenvalue weighted by Gasteiger charge is 2.18. The van der Waals surface area contributed by atoms with Crippen LogP contribution in [0.25, 0.3) is 0 Å². The lowest BCUT2D eigenvalue weighted by molar-refractivity contribution is -0.145. The van der Waals surface area contributed by atoms with Crippen molar-refractivity contribution >= 4 is 23.5 Å². The van der Waals surface area contributed by atoms with Crippen molar-refractivity contribution in [1.82, 2.24) is 10.3 Å². The largest absolute Gasteiger partial charge is 0.461 e. The predicted molar refractivity (Wildman–Crippen MR) is 150 cm³/mol. The van der Waals surface area contributed by atoms with E-state index in [0.29, 0.717) is 13.0 Å². The van der Waals surface area contributed by atoms with Crippen molar-refractivity contribution < 1.29 is 9.53 Å². The Labute approximate surface area is 217 Å². The van der Waals surface area contributed by atoms with E-state index in [2.05, 4.69) is 50.5 Å². The third kappa shape index (κ3) is 13.0. The van der Waals surface area contributed by atoms with Crippen molar-refractivity contribution in [3.05, 3.63) is 59.8 Å². The molecular weight excluding hydrogens is 454 g/mol. The maximum Gasteiger partial charge on any atom is 0.306 e. The Bertz CT molecular complexity index is 845. The van der Waals surface area contributed by atoms with Crippen LogP contribution in [0.4, 0.5) is 5.82 Å². The van der Waals surface area contributed by atoms with E-state index in [1.54, 1.807) is 0 Å². The molecule has 0 fully saturated rings. The van der Waals surface area contributed by atoms with E-state index in [4.69, 9.17) is 9.72 Å². The second-order valence-corrected chi connectivity index (χ2v) is 11.3. The molecule has 1 atom stereocenters. The fourth-order valence-electron chi connectivity index (χ4n) is 3.88. The molecule has 5 nitrogen and oxygen atoms in total. The molecule has 0 bridgehead atoms. The quantitative estimate of drug-likeness (QED) is 0.181. The fourth-order valence-corrected chi connectivity index (χ4v) is 4.43. The lowest BCUT2D eigenvalue weighted by atomic mass is 9.87. The zero-order chi connectivity index (χ0) is 25.4. The summed E-state index contributed by atoms with van der Waals surface area (Å²) in [6, 6.07) is 16.2. The van der Waals surface area contributed by atoms with Crippen LogP contribution in [0.2, 0.25) is 0 Å². The minimum atomic E-state index is -0.152. The van der Waals surface area contributed by atoms with Gasteiger partial charge in [-0.1, -0.05) is 76.9 Å². The van der Waals surface area contributed by atoms with Crippen molar-refractivity contribution in [3.8, 4) is 0 Å². The van der Waals surface area contributed by atoms with Gasteiger partial charge < -0.3 is 15.4 Å². The first-order valence-corrected chi connectivity index (χ1v) is 14.3. The third-order valence-corrected chi connectivity index (χ3v) is 6.94. The molecule has 0 amide bonds. The van der Waals surface area contributed by atoms with Gasteiger partial charge in [-0.15, -0.1) is 0 Å². The number of aromatic nitrogens is 1. The smallest absolute Gasteiger partial charge is 0.306 e. The van der Waals surface area contributed by atoms with Crippen LogP contribution in [0, 0.1) is 5.41 Å². The van der Waals surface area contributed by atoms with Crippen molar-refractivity contribution in [2.75, 3.05) is 29.9 Å². The fraction of sp³-hybridized carbons (Fsp3) is 0.586. The Balaban J connectivity index is 1.89. The minimum absolute atomic E-state index is 0.152. The van der Waals surface area contributed by atoms with Crippen LogP contribution >= 0.6 is 11.8 Å². The summed E-state index contributed by atoms with van der Waals surface area (Å²) in [5, 5.41) is 7.18. The SMILES string of the molecule is CCCCC(C)(C)CNc1cccc(CC(CCC(=O)OCc2ccccc2)NCCSCC)n1. The van der Waals surface area contributed by atoms with Gasteiger partial charge in [0.05, 0.1) is 0 Å². The number of esters is 1. The molecule has 0 saturated heterocycles. The first-order valence-electron chi connectivity index (χ1n) is 13.1. The second-order valence-electron chi connectivity index (χ2n) is 9.87. The van der Waals surface area contributed by atoms with E-state index in [9.17, 15) is 4.79 Å². The van der Waals surface area contributed by atoms with Crippen molar-refractivity contribution in [2.45, 2.75) is 78.9 Å². The molecule has 0 spiro atoms. The Kier molecular flexibility index (Phi) is 13.8. The molecule has 6 heteroatoms. The molecule has 194 valence electrons. The van der Waals surface area contributed by atoms with Crippen LogP contribution in [0.15, 0.2) is 48.5 Å². The maximum atomic E-state index is 12.4. The van der Waals surface area contributed by atoms with Gasteiger partial charge in [-0.25, -0.2) is 4.98 Å². The highest BCUT2D eigenvalue weighted by Crippen LogP contribution is 2.23. The number of hydrogen-bond donors (Lipinski definition) is 2.